The lowest BCUT2D eigenvalue weighted by Gasteiger charge is -2.14. The Morgan fingerprint density at radius 2 is 1.82 bits per heavy atom. The van der Waals surface area contributed by atoms with Crippen LogP contribution < -0.4 is 11.0 Å². The average molecular weight is 295 g/mol. The van der Waals surface area contributed by atoms with Crippen LogP contribution in [0, 0.1) is 0 Å². The average Bonchev–Trinajstić information content (AvgIpc) is 2.84. The minimum Gasteiger partial charge on any atom is -0.348 e. The number of benzene rings is 2. The lowest BCUT2D eigenvalue weighted by molar-refractivity contribution is -0.122. The minimum atomic E-state index is -0.274. The second kappa shape index (κ2) is 5.89. The molecule has 0 spiro atoms. The fourth-order valence-corrected chi connectivity index (χ4v) is 2.52. The molecule has 1 aromatic heterocycles. The van der Waals surface area contributed by atoms with Crippen molar-refractivity contribution in [2.75, 3.05) is 0 Å². The third-order valence-electron chi connectivity index (χ3n) is 3.66. The van der Waals surface area contributed by atoms with Crippen molar-refractivity contribution < 1.29 is 4.79 Å². The molecule has 1 heterocycles. The first-order chi connectivity index (χ1) is 10.6. The Hall–Kier alpha value is -2.82. The molecule has 2 aromatic carbocycles. The summed E-state index contributed by atoms with van der Waals surface area (Å²) in [5, 5.41) is 2.91. The standard InChI is InChI=1S/C17H17N3O2/c1-12(13-7-3-2-4-8-13)18-16(21)11-20-15-10-6-5-9-14(15)19-17(20)22/h2-10,12H,11H2,1H3,(H,18,21)(H,19,22). The summed E-state index contributed by atoms with van der Waals surface area (Å²) in [4.78, 5) is 26.9. The Morgan fingerprint density at radius 3 is 2.59 bits per heavy atom. The zero-order valence-corrected chi connectivity index (χ0v) is 12.2. The van der Waals surface area contributed by atoms with Crippen LogP contribution in [0.5, 0.6) is 0 Å². The van der Waals surface area contributed by atoms with E-state index >= 15 is 0 Å². The highest BCUT2D eigenvalue weighted by Gasteiger charge is 2.13. The summed E-state index contributed by atoms with van der Waals surface area (Å²) in [7, 11) is 0. The molecule has 1 unspecified atom stereocenters. The molecule has 5 nitrogen and oxygen atoms in total. The van der Waals surface area contributed by atoms with Crippen molar-refractivity contribution >= 4 is 16.9 Å². The van der Waals surface area contributed by atoms with Gasteiger partial charge < -0.3 is 10.3 Å². The topological polar surface area (TPSA) is 66.9 Å². The molecular weight excluding hydrogens is 278 g/mol. The van der Waals surface area contributed by atoms with Crippen LogP contribution in [0.2, 0.25) is 0 Å². The lowest BCUT2D eigenvalue weighted by Crippen LogP contribution is -2.33. The number of H-pyrrole nitrogens is 1. The van der Waals surface area contributed by atoms with E-state index in [1.165, 1.54) is 4.57 Å². The van der Waals surface area contributed by atoms with Crippen LogP contribution in [0.4, 0.5) is 0 Å². The molecule has 5 heteroatoms. The van der Waals surface area contributed by atoms with Gasteiger partial charge in [-0.1, -0.05) is 42.5 Å². The molecule has 1 atom stereocenters. The van der Waals surface area contributed by atoms with Gasteiger partial charge in [0.2, 0.25) is 5.91 Å². The Morgan fingerprint density at radius 1 is 1.14 bits per heavy atom. The van der Waals surface area contributed by atoms with Crippen LogP contribution in [0.3, 0.4) is 0 Å². The highest BCUT2D eigenvalue weighted by atomic mass is 16.2. The van der Waals surface area contributed by atoms with Crippen LogP contribution in [-0.2, 0) is 11.3 Å². The first kappa shape index (κ1) is 14.1. The van der Waals surface area contributed by atoms with E-state index in [-0.39, 0.29) is 24.2 Å². The van der Waals surface area contributed by atoms with Gasteiger partial charge in [-0.05, 0) is 24.6 Å². The molecule has 22 heavy (non-hydrogen) atoms. The fraction of sp³-hybridized carbons (Fsp3) is 0.176. The zero-order valence-electron chi connectivity index (χ0n) is 12.2. The van der Waals surface area contributed by atoms with Gasteiger partial charge in [0.25, 0.3) is 0 Å². The molecule has 0 aliphatic heterocycles. The van der Waals surface area contributed by atoms with E-state index < -0.39 is 0 Å². The normalized spacial score (nSPS) is 12.2. The number of fused-ring (bicyclic) bond motifs is 1. The summed E-state index contributed by atoms with van der Waals surface area (Å²) in [6.07, 6.45) is 0. The smallest absolute Gasteiger partial charge is 0.326 e. The van der Waals surface area contributed by atoms with Crippen molar-refractivity contribution in [3.8, 4) is 0 Å². The van der Waals surface area contributed by atoms with Crippen LogP contribution in [0.1, 0.15) is 18.5 Å². The molecule has 0 saturated carbocycles. The van der Waals surface area contributed by atoms with E-state index in [0.29, 0.717) is 0 Å². The van der Waals surface area contributed by atoms with Crippen LogP contribution in [0.25, 0.3) is 11.0 Å². The predicted molar refractivity (Wildman–Crippen MR) is 85.6 cm³/mol. The highest BCUT2D eigenvalue weighted by Crippen LogP contribution is 2.12. The predicted octanol–water partition coefficient (Wildman–Crippen LogP) is 2.21. The summed E-state index contributed by atoms with van der Waals surface area (Å²) < 4.78 is 1.45. The van der Waals surface area contributed by atoms with Crippen molar-refractivity contribution in [2.45, 2.75) is 19.5 Å². The number of aromatic amines is 1. The Labute approximate surface area is 127 Å². The SMILES string of the molecule is CC(NC(=O)Cn1c(=O)[nH]c2ccccc21)c1ccccc1. The molecular formula is C17H17N3O2. The molecule has 0 aliphatic carbocycles. The summed E-state index contributed by atoms with van der Waals surface area (Å²) in [6.45, 7) is 1.92. The van der Waals surface area contributed by atoms with E-state index in [0.717, 1.165) is 16.6 Å². The van der Waals surface area contributed by atoms with Gasteiger partial charge in [0.1, 0.15) is 6.54 Å². The molecule has 2 N–H and O–H groups in total. The molecule has 0 saturated heterocycles. The second-order valence-corrected chi connectivity index (χ2v) is 5.23. The fourth-order valence-electron chi connectivity index (χ4n) is 2.52. The third-order valence-corrected chi connectivity index (χ3v) is 3.66. The van der Waals surface area contributed by atoms with Crippen LogP contribution >= 0.6 is 0 Å². The number of carbonyl (C=O) groups excluding carboxylic acids is 1. The van der Waals surface area contributed by atoms with Gasteiger partial charge in [-0.3, -0.25) is 9.36 Å². The summed E-state index contributed by atoms with van der Waals surface area (Å²) in [6, 6.07) is 16.9. The monoisotopic (exact) mass is 295 g/mol. The number of nitrogens with zero attached hydrogens (tertiary/aromatic N) is 1. The van der Waals surface area contributed by atoms with Gasteiger partial charge in [-0.15, -0.1) is 0 Å². The Bertz CT molecular complexity index is 849. The number of hydrogen-bond donors (Lipinski definition) is 2. The molecule has 0 aliphatic rings. The third kappa shape index (κ3) is 2.79. The molecule has 1 amide bonds. The molecule has 112 valence electrons. The van der Waals surface area contributed by atoms with E-state index in [9.17, 15) is 9.59 Å². The number of para-hydroxylation sites is 2. The summed E-state index contributed by atoms with van der Waals surface area (Å²) in [5.74, 6) is -0.191. The zero-order chi connectivity index (χ0) is 15.5. The largest absolute Gasteiger partial charge is 0.348 e. The van der Waals surface area contributed by atoms with E-state index in [1.54, 1.807) is 0 Å². The maximum absolute atomic E-state index is 12.2. The Kier molecular flexibility index (Phi) is 3.78. The quantitative estimate of drug-likeness (QED) is 0.775. The van der Waals surface area contributed by atoms with E-state index in [2.05, 4.69) is 10.3 Å². The van der Waals surface area contributed by atoms with Crippen molar-refractivity contribution in [3.05, 3.63) is 70.6 Å². The molecule has 0 bridgehead atoms. The van der Waals surface area contributed by atoms with E-state index in [4.69, 9.17) is 0 Å². The van der Waals surface area contributed by atoms with Crippen LogP contribution in [-0.4, -0.2) is 15.5 Å². The number of hydrogen-bond acceptors (Lipinski definition) is 2. The first-order valence-electron chi connectivity index (χ1n) is 7.17. The minimum absolute atomic E-state index is 0.0000201. The second-order valence-electron chi connectivity index (χ2n) is 5.23. The Balaban J connectivity index is 1.76. The summed E-state index contributed by atoms with van der Waals surface area (Å²) >= 11 is 0. The number of aromatic nitrogens is 2. The molecule has 3 aromatic rings. The number of rotatable bonds is 4. The van der Waals surface area contributed by atoms with Gasteiger partial charge in [0.05, 0.1) is 17.1 Å². The van der Waals surface area contributed by atoms with Crippen LogP contribution in [0.15, 0.2) is 59.4 Å². The van der Waals surface area contributed by atoms with Gasteiger partial charge in [0, 0.05) is 0 Å². The maximum atomic E-state index is 12.2. The van der Waals surface area contributed by atoms with Crippen molar-refractivity contribution in [1.82, 2.24) is 14.9 Å². The molecule has 0 radical (unpaired) electrons. The summed E-state index contributed by atoms with van der Waals surface area (Å²) in [5.41, 5.74) is 2.22. The van der Waals surface area contributed by atoms with Gasteiger partial charge in [0.15, 0.2) is 0 Å². The lowest BCUT2D eigenvalue weighted by atomic mass is 10.1. The maximum Gasteiger partial charge on any atom is 0.326 e. The number of carbonyl (C=O) groups is 1. The number of imidazole rings is 1. The van der Waals surface area contributed by atoms with Crippen molar-refractivity contribution in [2.24, 2.45) is 0 Å². The molecule has 3 rings (SSSR count). The highest BCUT2D eigenvalue weighted by molar-refractivity contribution is 5.80. The van der Waals surface area contributed by atoms with Gasteiger partial charge in [-0.25, -0.2) is 4.79 Å². The first-order valence-corrected chi connectivity index (χ1v) is 7.17. The van der Waals surface area contributed by atoms with Gasteiger partial charge >= 0.3 is 5.69 Å². The van der Waals surface area contributed by atoms with Crippen molar-refractivity contribution in [3.63, 3.8) is 0 Å². The van der Waals surface area contributed by atoms with Gasteiger partial charge in [-0.2, -0.15) is 0 Å². The van der Waals surface area contributed by atoms with E-state index in [1.807, 2.05) is 61.5 Å². The van der Waals surface area contributed by atoms with Crippen molar-refractivity contribution in [1.29, 1.82) is 0 Å². The molecule has 0 fully saturated rings. The number of nitrogens with one attached hydrogen (secondary N) is 2. The number of amides is 1.